The van der Waals surface area contributed by atoms with Crippen LogP contribution >= 0.6 is 24.0 Å². The van der Waals surface area contributed by atoms with Crippen LogP contribution in [0.5, 0.6) is 0 Å². The van der Waals surface area contributed by atoms with Crippen LogP contribution in [-0.4, -0.2) is 49.6 Å². The molecule has 0 heterocycles. The van der Waals surface area contributed by atoms with E-state index in [1.165, 1.54) is 45.1 Å². The Balaban J connectivity index is 0.00000180. The van der Waals surface area contributed by atoms with Crippen LogP contribution in [-0.2, 0) is 0 Å². The van der Waals surface area contributed by atoms with Gasteiger partial charge in [-0.05, 0) is 32.2 Å². The van der Waals surface area contributed by atoms with Gasteiger partial charge in [-0.2, -0.15) is 0 Å². The molecular formula is C14H29IN4. The molecular weight excluding hydrogens is 351 g/mol. The van der Waals surface area contributed by atoms with Gasteiger partial charge in [0, 0.05) is 32.2 Å². The number of hydrogen-bond acceptors (Lipinski definition) is 2. The van der Waals surface area contributed by atoms with E-state index in [9.17, 15) is 0 Å². The summed E-state index contributed by atoms with van der Waals surface area (Å²) in [6.07, 6.45) is 8.10. The van der Waals surface area contributed by atoms with E-state index < -0.39 is 0 Å². The molecule has 0 aromatic heterocycles. The quantitative estimate of drug-likeness (QED) is 0.422. The van der Waals surface area contributed by atoms with Crippen LogP contribution in [0.4, 0.5) is 0 Å². The summed E-state index contributed by atoms with van der Waals surface area (Å²) in [4.78, 5) is 6.88. The minimum absolute atomic E-state index is 0. The minimum atomic E-state index is 0. The normalized spacial score (nSPS) is 20.5. The maximum absolute atomic E-state index is 4.31. The fourth-order valence-corrected chi connectivity index (χ4v) is 2.81. The summed E-state index contributed by atoms with van der Waals surface area (Å²) in [6, 6.07) is 1.50. The third-order valence-electron chi connectivity index (χ3n) is 4.08. The molecule has 0 amide bonds. The van der Waals surface area contributed by atoms with E-state index >= 15 is 0 Å². The van der Waals surface area contributed by atoms with Gasteiger partial charge < -0.3 is 10.6 Å². The molecule has 0 aromatic rings. The van der Waals surface area contributed by atoms with Crippen LogP contribution in [0.2, 0.25) is 0 Å². The van der Waals surface area contributed by atoms with Crippen molar-refractivity contribution in [2.24, 2.45) is 4.99 Å². The van der Waals surface area contributed by atoms with Crippen LogP contribution in [0.25, 0.3) is 0 Å². The smallest absolute Gasteiger partial charge is 0.191 e. The van der Waals surface area contributed by atoms with Gasteiger partial charge >= 0.3 is 0 Å². The standard InChI is InChI=1S/C14H28N4.HI/c1-3-18(13-8-9-13)11-10-16-14(15-2)17-12-6-4-5-7-12;/h12-13H,3-11H2,1-2H3,(H2,15,16,17);1H. The highest BCUT2D eigenvalue weighted by Crippen LogP contribution is 2.25. The van der Waals surface area contributed by atoms with E-state index in [2.05, 4.69) is 27.4 Å². The van der Waals surface area contributed by atoms with E-state index in [0.29, 0.717) is 6.04 Å². The maximum atomic E-state index is 4.31. The fourth-order valence-electron chi connectivity index (χ4n) is 2.81. The van der Waals surface area contributed by atoms with Gasteiger partial charge in [-0.3, -0.25) is 9.89 Å². The average Bonchev–Trinajstić information content (AvgIpc) is 3.10. The Morgan fingerprint density at radius 3 is 2.42 bits per heavy atom. The second-order valence-electron chi connectivity index (χ2n) is 5.48. The zero-order valence-corrected chi connectivity index (χ0v) is 14.7. The highest BCUT2D eigenvalue weighted by Gasteiger charge is 2.27. The molecule has 5 heteroatoms. The van der Waals surface area contributed by atoms with Crippen molar-refractivity contribution in [3.63, 3.8) is 0 Å². The molecule has 0 unspecified atom stereocenters. The third kappa shape index (κ3) is 5.85. The molecule has 2 rings (SSSR count). The molecule has 2 aliphatic rings. The topological polar surface area (TPSA) is 39.7 Å². The number of rotatable bonds is 6. The molecule has 2 N–H and O–H groups in total. The number of hydrogen-bond donors (Lipinski definition) is 2. The maximum Gasteiger partial charge on any atom is 0.191 e. The van der Waals surface area contributed by atoms with E-state index in [1.54, 1.807) is 0 Å². The predicted molar refractivity (Wildman–Crippen MR) is 92.4 cm³/mol. The van der Waals surface area contributed by atoms with Crippen LogP contribution in [0, 0.1) is 0 Å². The fraction of sp³-hybridized carbons (Fsp3) is 0.929. The molecule has 2 saturated carbocycles. The van der Waals surface area contributed by atoms with Crippen molar-refractivity contribution in [2.75, 3.05) is 26.7 Å². The monoisotopic (exact) mass is 380 g/mol. The van der Waals surface area contributed by atoms with Crippen molar-refractivity contribution in [3.05, 3.63) is 0 Å². The molecule has 19 heavy (non-hydrogen) atoms. The summed E-state index contributed by atoms with van der Waals surface area (Å²) >= 11 is 0. The largest absolute Gasteiger partial charge is 0.355 e. The Kier molecular flexibility index (Phi) is 8.06. The molecule has 0 bridgehead atoms. The SMILES string of the molecule is CCN(CCNC(=NC)NC1CCCC1)C1CC1.I. The zero-order chi connectivity index (χ0) is 12.8. The first-order chi connectivity index (χ1) is 8.83. The number of likely N-dealkylation sites (N-methyl/N-ethyl adjacent to an activating group) is 1. The lowest BCUT2D eigenvalue weighted by molar-refractivity contribution is 0.282. The van der Waals surface area contributed by atoms with Gasteiger partial charge in [0.05, 0.1) is 0 Å². The van der Waals surface area contributed by atoms with Gasteiger partial charge in [0.25, 0.3) is 0 Å². The Morgan fingerprint density at radius 1 is 1.21 bits per heavy atom. The Bertz CT molecular complexity index is 273. The third-order valence-corrected chi connectivity index (χ3v) is 4.08. The summed E-state index contributed by atoms with van der Waals surface area (Å²) in [5.41, 5.74) is 0. The molecule has 2 aliphatic carbocycles. The first-order valence-corrected chi connectivity index (χ1v) is 7.54. The Morgan fingerprint density at radius 2 is 1.89 bits per heavy atom. The van der Waals surface area contributed by atoms with Crippen LogP contribution in [0.15, 0.2) is 4.99 Å². The van der Waals surface area contributed by atoms with Crippen molar-refractivity contribution in [1.29, 1.82) is 0 Å². The highest BCUT2D eigenvalue weighted by atomic mass is 127. The summed E-state index contributed by atoms with van der Waals surface area (Å²) in [6.45, 7) is 5.55. The van der Waals surface area contributed by atoms with Crippen LogP contribution in [0.1, 0.15) is 45.4 Å². The van der Waals surface area contributed by atoms with Crippen molar-refractivity contribution in [1.82, 2.24) is 15.5 Å². The second kappa shape index (κ2) is 9.00. The number of nitrogens with zero attached hydrogens (tertiary/aromatic N) is 2. The summed E-state index contributed by atoms with van der Waals surface area (Å²) in [5, 5.41) is 6.96. The zero-order valence-electron chi connectivity index (χ0n) is 12.3. The van der Waals surface area contributed by atoms with Gasteiger partial charge in [-0.15, -0.1) is 24.0 Å². The van der Waals surface area contributed by atoms with Crippen molar-refractivity contribution < 1.29 is 0 Å². The van der Waals surface area contributed by atoms with Crippen molar-refractivity contribution in [2.45, 2.75) is 57.5 Å². The van der Waals surface area contributed by atoms with E-state index in [-0.39, 0.29) is 24.0 Å². The molecule has 112 valence electrons. The van der Waals surface area contributed by atoms with Crippen molar-refractivity contribution in [3.8, 4) is 0 Å². The molecule has 4 nitrogen and oxygen atoms in total. The van der Waals surface area contributed by atoms with E-state index in [4.69, 9.17) is 0 Å². The lowest BCUT2D eigenvalue weighted by Gasteiger charge is -2.22. The van der Waals surface area contributed by atoms with E-state index in [0.717, 1.165) is 25.1 Å². The molecule has 0 spiro atoms. The van der Waals surface area contributed by atoms with Gasteiger partial charge in [-0.25, -0.2) is 0 Å². The number of aliphatic imine (C=N–C) groups is 1. The Hall–Kier alpha value is -0.0400. The number of guanidine groups is 1. The number of nitrogens with one attached hydrogen (secondary N) is 2. The van der Waals surface area contributed by atoms with Gasteiger partial charge in [0.1, 0.15) is 0 Å². The van der Waals surface area contributed by atoms with Crippen molar-refractivity contribution >= 4 is 29.9 Å². The van der Waals surface area contributed by atoms with Gasteiger partial charge in [0.15, 0.2) is 5.96 Å². The lowest BCUT2D eigenvalue weighted by Crippen LogP contribution is -2.45. The number of halogens is 1. The summed E-state index contributed by atoms with van der Waals surface area (Å²) < 4.78 is 0. The van der Waals surface area contributed by atoms with Crippen LogP contribution in [0.3, 0.4) is 0 Å². The molecule has 0 saturated heterocycles. The lowest BCUT2D eigenvalue weighted by atomic mass is 10.2. The molecule has 0 aliphatic heterocycles. The highest BCUT2D eigenvalue weighted by molar-refractivity contribution is 14.0. The predicted octanol–water partition coefficient (Wildman–Crippen LogP) is 2.20. The molecule has 0 radical (unpaired) electrons. The average molecular weight is 380 g/mol. The first-order valence-electron chi connectivity index (χ1n) is 7.54. The molecule has 0 aromatic carbocycles. The van der Waals surface area contributed by atoms with E-state index in [1.807, 2.05) is 7.05 Å². The summed E-state index contributed by atoms with van der Waals surface area (Å²) in [5.74, 6) is 0.980. The molecule has 0 atom stereocenters. The van der Waals surface area contributed by atoms with Gasteiger partial charge in [0.2, 0.25) is 0 Å². The second-order valence-corrected chi connectivity index (χ2v) is 5.48. The molecule has 2 fully saturated rings. The van der Waals surface area contributed by atoms with Crippen LogP contribution < -0.4 is 10.6 Å². The minimum Gasteiger partial charge on any atom is -0.355 e. The Labute approximate surface area is 134 Å². The summed E-state index contributed by atoms with van der Waals surface area (Å²) in [7, 11) is 1.86. The van der Waals surface area contributed by atoms with Gasteiger partial charge in [-0.1, -0.05) is 19.8 Å². The first kappa shape index (κ1) is 17.0.